The largest absolute Gasteiger partial charge is 0.390 e. The second-order valence-electron chi connectivity index (χ2n) is 1.76. The number of nitrogens with zero attached hydrogens (tertiary/aromatic N) is 1. The second kappa shape index (κ2) is 2.06. The van der Waals surface area contributed by atoms with Gasteiger partial charge in [0.05, 0.1) is 17.7 Å². The Morgan fingerprint density at radius 2 is 2.30 bits per heavy atom. The Morgan fingerprint density at radius 3 is 2.50 bits per heavy atom. The number of hydrogen-bond donors (Lipinski definition) is 2. The molecule has 0 aromatic heterocycles. The average Bonchev–Trinajstić information content (AvgIpc) is 2.08. The van der Waals surface area contributed by atoms with E-state index in [1.54, 1.807) is 0 Å². The van der Waals surface area contributed by atoms with Gasteiger partial charge in [0.15, 0.2) is 0 Å². The Balaban J connectivity index is 3.12. The van der Waals surface area contributed by atoms with Crippen LogP contribution in [0.2, 0.25) is 0 Å². The molecule has 6 heteroatoms. The van der Waals surface area contributed by atoms with Gasteiger partial charge >= 0.3 is 0 Å². The van der Waals surface area contributed by atoms with Crippen LogP contribution in [0.4, 0.5) is 0 Å². The van der Waals surface area contributed by atoms with Crippen molar-refractivity contribution in [3.05, 3.63) is 11.1 Å². The normalized spacial score (nSPS) is 22.1. The van der Waals surface area contributed by atoms with E-state index in [-0.39, 0.29) is 5.70 Å². The summed E-state index contributed by atoms with van der Waals surface area (Å²) in [4.78, 5) is 3.38. The predicted molar refractivity (Wildman–Crippen MR) is 35.7 cm³/mol. The van der Waals surface area contributed by atoms with Crippen LogP contribution in [-0.4, -0.2) is 25.3 Å². The maximum Gasteiger partial charge on any atom is 0.234 e. The predicted octanol–water partition coefficient (Wildman–Crippen LogP) is -1.44. The number of aliphatic imine (C=N–C) groups is 1. The first-order chi connectivity index (χ1) is 4.56. The summed E-state index contributed by atoms with van der Waals surface area (Å²) in [7, 11) is -3.48. The first-order valence-electron chi connectivity index (χ1n) is 2.47. The lowest BCUT2D eigenvalue weighted by molar-refractivity contribution is 0.330. The Labute approximate surface area is 57.8 Å². The van der Waals surface area contributed by atoms with Gasteiger partial charge in [-0.05, 0) is 0 Å². The van der Waals surface area contributed by atoms with Crippen LogP contribution in [0.15, 0.2) is 16.1 Å². The van der Waals surface area contributed by atoms with Crippen molar-refractivity contribution in [1.29, 1.82) is 0 Å². The molecule has 0 amide bonds. The second-order valence-corrected chi connectivity index (χ2v) is 3.51. The van der Waals surface area contributed by atoms with Gasteiger partial charge < -0.3 is 10.8 Å². The molecule has 0 saturated heterocycles. The van der Waals surface area contributed by atoms with Gasteiger partial charge in [-0.3, -0.25) is 0 Å². The molecule has 1 aliphatic heterocycles. The van der Waals surface area contributed by atoms with E-state index < -0.39 is 21.6 Å². The third-order valence-corrected chi connectivity index (χ3v) is 2.26. The minimum Gasteiger partial charge on any atom is -0.390 e. The van der Waals surface area contributed by atoms with E-state index in [0.29, 0.717) is 0 Å². The molecule has 0 saturated carbocycles. The number of rotatable bonds is 1. The summed E-state index contributed by atoms with van der Waals surface area (Å²) >= 11 is 0. The highest BCUT2D eigenvalue weighted by Crippen LogP contribution is 2.10. The highest BCUT2D eigenvalue weighted by atomic mass is 32.2. The molecule has 0 unspecified atom stereocenters. The summed E-state index contributed by atoms with van der Waals surface area (Å²) in [6.07, 6.45) is 0. The van der Waals surface area contributed by atoms with Crippen molar-refractivity contribution in [2.45, 2.75) is 0 Å². The molecular weight excluding hydrogens is 156 g/mol. The molecule has 0 atom stereocenters. The molecule has 1 rings (SSSR count). The van der Waals surface area contributed by atoms with Crippen LogP contribution in [0.1, 0.15) is 0 Å². The highest BCUT2D eigenvalue weighted by Gasteiger charge is 2.20. The standard InChI is InChI=1S/C4H6N2O3S/c5-4-6-3(1-7)2-10(4,8)9/h2,7H,1H2,(H2,5,6). The fraction of sp³-hybridized carbons (Fsp3) is 0.250. The van der Waals surface area contributed by atoms with E-state index >= 15 is 0 Å². The summed E-state index contributed by atoms with van der Waals surface area (Å²) in [6, 6.07) is 0. The lowest BCUT2D eigenvalue weighted by Crippen LogP contribution is -2.18. The topological polar surface area (TPSA) is 92.8 Å². The van der Waals surface area contributed by atoms with Crippen molar-refractivity contribution in [3.8, 4) is 0 Å². The molecular formula is C4H6N2O3S. The lowest BCUT2D eigenvalue weighted by Gasteiger charge is -1.84. The first-order valence-corrected chi connectivity index (χ1v) is 4.01. The minimum atomic E-state index is -3.48. The SMILES string of the molecule is NC1=NC(CO)=CS1(=O)=O. The van der Waals surface area contributed by atoms with E-state index in [1.165, 1.54) is 0 Å². The van der Waals surface area contributed by atoms with E-state index in [0.717, 1.165) is 5.41 Å². The zero-order chi connectivity index (χ0) is 7.78. The zero-order valence-electron chi connectivity index (χ0n) is 4.98. The molecule has 0 aromatic rings. The van der Waals surface area contributed by atoms with Crippen molar-refractivity contribution in [2.75, 3.05) is 6.61 Å². The van der Waals surface area contributed by atoms with Gasteiger partial charge in [-0.2, -0.15) is 0 Å². The van der Waals surface area contributed by atoms with Crippen molar-refractivity contribution < 1.29 is 13.5 Å². The van der Waals surface area contributed by atoms with Crippen LogP contribution >= 0.6 is 0 Å². The molecule has 5 nitrogen and oxygen atoms in total. The smallest absolute Gasteiger partial charge is 0.234 e. The van der Waals surface area contributed by atoms with E-state index in [2.05, 4.69) is 4.99 Å². The molecule has 0 spiro atoms. The van der Waals surface area contributed by atoms with Gasteiger partial charge in [-0.15, -0.1) is 0 Å². The van der Waals surface area contributed by atoms with Gasteiger partial charge in [-0.1, -0.05) is 0 Å². The van der Waals surface area contributed by atoms with E-state index in [9.17, 15) is 8.42 Å². The Morgan fingerprint density at radius 1 is 1.70 bits per heavy atom. The van der Waals surface area contributed by atoms with Crippen LogP contribution in [-0.2, 0) is 9.84 Å². The molecule has 0 aliphatic carbocycles. The summed E-state index contributed by atoms with van der Waals surface area (Å²) in [5, 5.41) is 8.82. The third kappa shape index (κ3) is 1.03. The number of aliphatic hydroxyl groups is 1. The first kappa shape index (κ1) is 7.23. The Hall–Kier alpha value is -0.880. The Bertz CT molecular complexity index is 300. The van der Waals surface area contributed by atoms with Crippen molar-refractivity contribution in [2.24, 2.45) is 10.7 Å². The number of amidine groups is 1. The van der Waals surface area contributed by atoms with E-state index in [1.807, 2.05) is 0 Å². The van der Waals surface area contributed by atoms with Crippen molar-refractivity contribution in [3.63, 3.8) is 0 Å². The van der Waals surface area contributed by atoms with Crippen molar-refractivity contribution >= 4 is 15.0 Å². The monoisotopic (exact) mass is 162 g/mol. The van der Waals surface area contributed by atoms with Gasteiger partial charge in [0.2, 0.25) is 15.0 Å². The molecule has 0 fully saturated rings. The van der Waals surface area contributed by atoms with Gasteiger partial charge in [-0.25, -0.2) is 13.4 Å². The van der Waals surface area contributed by atoms with Crippen LogP contribution in [0.3, 0.4) is 0 Å². The van der Waals surface area contributed by atoms with Gasteiger partial charge in [0.25, 0.3) is 0 Å². The fourth-order valence-electron chi connectivity index (χ4n) is 0.544. The summed E-state index contributed by atoms with van der Waals surface area (Å²) in [6.45, 7) is -0.403. The van der Waals surface area contributed by atoms with Crippen LogP contribution in [0.25, 0.3) is 0 Å². The van der Waals surface area contributed by atoms with Crippen LogP contribution in [0, 0.1) is 0 Å². The van der Waals surface area contributed by atoms with Crippen LogP contribution in [0.5, 0.6) is 0 Å². The van der Waals surface area contributed by atoms with Crippen molar-refractivity contribution in [1.82, 2.24) is 0 Å². The number of aliphatic hydroxyl groups excluding tert-OH is 1. The lowest BCUT2D eigenvalue weighted by atomic mass is 10.6. The molecule has 1 heterocycles. The fourth-order valence-corrected chi connectivity index (χ4v) is 1.39. The molecule has 1 aliphatic rings. The molecule has 56 valence electrons. The number of nitrogens with two attached hydrogens (primary N) is 1. The zero-order valence-corrected chi connectivity index (χ0v) is 5.80. The maximum absolute atomic E-state index is 10.7. The highest BCUT2D eigenvalue weighted by molar-refractivity contribution is 8.09. The molecule has 0 bridgehead atoms. The summed E-state index contributed by atoms with van der Waals surface area (Å²) < 4.78 is 21.4. The average molecular weight is 162 g/mol. The maximum atomic E-state index is 10.7. The molecule has 10 heavy (non-hydrogen) atoms. The quantitative estimate of drug-likeness (QED) is 0.494. The van der Waals surface area contributed by atoms with Gasteiger partial charge in [0.1, 0.15) is 0 Å². The summed E-state index contributed by atoms with van der Waals surface area (Å²) in [5.74, 6) is 0. The number of sulfone groups is 1. The molecule has 3 N–H and O–H groups in total. The third-order valence-electron chi connectivity index (χ3n) is 0.998. The summed E-state index contributed by atoms with van der Waals surface area (Å²) in [5.41, 5.74) is 5.06. The van der Waals surface area contributed by atoms with E-state index in [4.69, 9.17) is 10.8 Å². The molecule has 0 radical (unpaired) electrons. The van der Waals surface area contributed by atoms with Crippen LogP contribution < -0.4 is 5.73 Å². The van der Waals surface area contributed by atoms with Gasteiger partial charge in [0, 0.05) is 0 Å². The Kier molecular flexibility index (Phi) is 1.49. The minimum absolute atomic E-state index is 0.0810. The molecule has 0 aromatic carbocycles. The number of hydrogen-bond acceptors (Lipinski definition) is 5.